The molecule has 1 heterocycles. The summed E-state index contributed by atoms with van der Waals surface area (Å²) in [4.78, 5) is 6.54. The summed E-state index contributed by atoms with van der Waals surface area (Å²) in [6.07, 6.45) is 1.49. The molecule has 6 heteroatoms. The highest BCUT2D eigenvalue weighted by Gasteiger charge is 2.09. The standard InChI is InChI=1S/C8H9ClN4O/c1-5-2-6(3-11-8(5)9)7(4-14)12-13-10/h2-3,7,14H,4H2,1H3. The number of aromatic nitrogens is 1. The Morgan fingerprint density at radius 2 is 2.50 bits per heavy atom. The first-order valence-corrected chi connectivity index (χ1v) is 4.34. The fraction of sp³-hybridized carbons (Fsp3) is 0.375. The molecule has 0 radical (unpaired) electrons. The molecule has 0 fully saturated rings. The number of hydrogen-bond acceptors (Lipinski definition) is 3. The van der Waals surface area contributed by atoms with Crippen molar-refractivity contribution in [1.82, 2.24) is 4.98 Å². The Hall–Kier alpha value is -1.29. The van der Waals surface area contributed by atoms with Gasteiger partial charge in [0.25, 0.3) is 0 Å². The predicted octanol–water partition coefficient (Wildman–Crippen LogP) is 2.39. The van der Waals surface area contributed by atoms with Crippen molar-refractivity contribution in [3.05, 3.63) is 39.0 Å². The van der Waals surface area contributed by atoms with Gasteiger partial charge in [0.15, 0.2) is 0 Å². The van der Waals surface area contributed by atoms with Crippen LogP contribution in [0.2, 0.25) is 5.15 Å². The Morgan fingerprint density at radius 1 is 1.79 bits per heavy atom. The largest absolute Gasteiger partial charge is 0.396 e. The Kier molecular flexibility index (Phi) is 3.71. The molecule has 1 N–H and O–H groups in total. The van der Waals surface area contributed by atoms with Crippen LogP contribution in [0.15, 0.2) is 17.4 Å². The lowest BCUT2D eigenvalue weighted by atomic mass is 10.1. The minimum absolute atomic E-state index is 0.243. The van der Waals surface area contributed by atoms with Crippen LogP contribution in [0.5, 0.6) is 0 Å². The average molecular weight is 213 g/mol. The normalized spacial score (nSPS) is 11.9. The molecule has 0 amide bonds. The molecule has 1 atom stereocenters. The number of aliphatic hydroxyl groups excluding tert-OH is 1. The summed E-state index contributed by atoms with van der Waals surface area (Å²) in [5.41, 5.74) is 9.70. The topological polar surface area (TPSA) is 81.9 Å². The molecule has 0 aromatic carbocycles. The smallest absolute Gasteiger partial charge is 0.131 e. The number of nitrogens with zero attached hydrogens (tertiary/aromatic N) is 4. The molecule has 0 bridgehead atoms. The minimum atomic E-state index is -0.594. The van der Waals surface area contributed by atoms with Gasteiger partial charge in [0.05, 0.1) is 12.6 Å². The first-order valence-electron chi connectivity index (χ1n) is 3.96. The summed E-state index contributed by atoms with van der Waals surface area (Å²) < 4.78 is 0. The molecular weight excluding hydrogens is 204 g/mol. The maximum absolute atomic E-state index is 8.95. The zero-order valence-electron chi connectivity index (χ0n) is 7.55. The molecule has 1 aromatic heterocycles. The summed E-state index contributed by atoms with van der Waals surface area (Å²) in [5.74, 6) is 0. The van der Waals surface area contributed by atoms with Crippen LogP contribution in [0.4, 0.5) is 0 Å². The van der Waals surface area contributed by atoms with Gasteiger partial charge in [0.1, 0.15) is 5.15 Å². The van der Waals surface area contributed by atoms with Crippen molar-refractivity contribution in [2.75, 3.05) is 6.61 Å². The number of halogens is 1. The van der Waals surface area contributed by atoms with Gasteiger partial charge >= 0.3 is 0 Å². The Labute approximate surface area is 86.0 Å². The lowest BCUT2D eigenvalue weighted by Gasteiger charge is -2.08. The van der Waals surface area contributed by atoms with E-state index < -0.39 is 6.04 Å². The van der Waals surface area contributed by atoms with Crippen LogP contribution in [0.3, 0.4) is 0 Å². The molecule has 0 aliphatic heterocycles. The summed E-state index contributed by atoms with van der Waals surface area (Å²) in [7, 11) is 0. The molecule has 0 spiro atoms. The number of pyridine rings is 1. The van der Waals surface area contributed by atoms with Crippen molar-refractivity contribution < 1.29 is 5.11 Å². The third-order valence-corrected chi connectivity index (χ3v) is 2.18. The number of aliphatic hydroxyl groups is 1. The second-order valence-corrected chi connectivity index (χ2v) is 3.14. The van der Waals surface area contributed by atoms with Crippen molar-refractivity contribution in [2.24, 2.45) is 5.11 Å². The highest BCUT2D eigenvalue weighted by atomic mass is 35.5. The van der Waals surface area contributed by atoms with Crippen LogP contribution < -0.4 is 0 Å². The summed E-state index contributed by atoms with van der Waals surface area (Å²) >= 11 is 5.73. The summed E-state index contributed by atoms with van der Waals surface area (Å²) in [6.45, 7) is 1.55. The van der Waals surface area contributed by atoms with Crippen LogP contribution in [0, 0.1) is 6.92 Å². The van der Waals surface area contributed by atoms with Gasteiger partial charge in [0, 0.05) is 11.1 Å². The minimum Gasteiger partial charge on any atom is -0.396 e. The SMILES string of the molecule is Cc1cc(C(CO)N=[N+]=[N-])cnc1Cl. The maximum Gasteiger partial charge on any atom is 0.131 e. The van der Waals surface area contributed by atoms with Crippen LogP contribution in [0.25, 0.3) is 10.4 Å². The van der Waals surface area contributed by atoms with E-state index in [9.17, 15) is 0 Å². The maximum atomic E-state index is 8.95. The molecule has 14 heavy (non-hydrogen) atoms. The van der Waals surface area contributed by atoms with Crippen LogP contribution in [-0.4, -0.2) is 16.7 Å². The van der Waals surface area contributed by atoms with E-state index in [1.54, 1.807) is 13.0 Å². The number of hydrogen-bond donors (Lipinski definition) is 1. The van der Waals surface area contributed by atoms with Gasteiger partial charge in [-0.1, -0.05) is 22.8 Å². The zero-order chi connectivity index (χ0) is 10.6. The third-order valence-electron chi connectivity index (χ3n) is 1.78. The molecule has 0 saturated carbocycles. The highest BCUT2D eigenvalue weighted by molar-refractivity contribution is 6.30. The van der Waals surface area contributed by atoms with Gasteiger partial charge in [-0.2, -0.15) is 0 Å². The fourth-order valence-electron chi connectivity index (χ4n) is 1.03. The molecule has 1 unspecified atom stereocenters. The van der Waals surface area contributed by atoms with Crippen molar-refractivity contribution >= 4 is 11.6 Å². The van der Waals surface area contributed by atoms with E-state index in [4.69, 9.17) is 22.2 Å². The van der Waals surface area contributed by atoms with Gasteiger partial charge in [0.2, 0.25) is 0 Å². The molecule has 0 aliphatic carbocycles. The molecular formula is C8H9ClN4O. The number of aryl methyl sites for hydroxylation is 1. The van der Waals surface area contributed by atoms with Crippen LogP contribution in [0.1, 0.15) is 17.2 Å². The summed E-state index contributed by atoms with van der Waals surface area (Å²) in [5, 5.41) is 12.8. The molecule has 74 valence electrons. The first kappa shape index (κ1) is 10.8. The molecule has 1 aromatic rings. The van der Waals surface area contributed by atoms with E-state index in [2.05, 4.69) is 15.0 Å². The molecule has 5 nitrogen and oxygen atoms in total. The van der Waals surface area contributed by atoms with Crippen molar-refractivity contribution in [3.63, 3.8) is 0 Å². The fourth-order valence-corrected chi connectivity index (χ4v) is 1.14. The van der Waals surface area contributed by atoms with E-state index in [1.165, 1.54) is 6.20 Å². The predicted molar refractivity (Wildman–Crippen MR) is 53.0 cm³/mol. The third kappa shape index (κ3) is 2.35. The number of azide groups is 1. The monoisotopic (exact) mass is 212 g/mol. The first-order chi connectivity index (χ1) is 6.69. The average Bonchev–Trinajstić information content (AvgIpc) is 2.19. The van der Waals surface area contributed by atoms with Gasteiger partial charge in [-0.3, -0.25) is 0 Å². The van der Waals surface area contributed by atoms with Crippen LogP contribution in [-0.2, 0) is 0 Å². The molecule has 0 saturated heterocycles. The van der Waals surface area contributed by atoms with E-state index in [0.717, 1.165) is 5.56 Å². The van der Waals surface area contributed by atoms with E-state index >= 15 is 0 Å². The lowest BCUT2D eigenvalue weighted by molar-refractivity contribution is 0.267. The molecule has 1 rings (SSSR count). The van der Waals surface area contributed by atoms with Crippen molar-refractivity contribution in [3.8, 4) is 0 Å². The Balaban J connectivity index is 3.05. The highest BCUT2D eigenvalue weighted by Crippen LogP contribution is 2.20. The van der Waals surface area contributed by atoms with Crippen molar-refractivity contribution in [1.29, 1.82) is 0 Å². The Morgan fingerprint density at radius 3 is 3.00 bits per heavy atom. The quantitative estimate of drug-likeness (QED) is 0.361. The number of rotatable bonds is 3. The second-order valence-electron chi connectivity index (χ2n) is 2.78. The van der Waals surface area contributed by atoms with Crippen molar-refractivity contribution in [2.45, 2.75) is 13.0 Å². The Bertz CT molecular complexity index is 376. The van der Waals surface area contributed by atoms with E-state index in [-0.39, 0.29) is 6.61 Å². The van der Waals surface area contributed by atoms with Gasteiger partial charge in [-0.05, 0) is 23.6 Å². The van der Waals surface area contributed by atoms with Crippen LogP contribution >= 0.6 is 11.6 Å². The van der Waals surface area contributed by atoms with Gasteiger partial charge in [-0.25, -0.2) is 4.98 Å². The van der Waals surface area contributed by atoms with Gasteiger partial charge < -0.3 is 5.11 Å². The van der Waals surface area contributed by atoms with E-state index in [1.807, 2.05) is 0 Å². The second kappa shape index (κ2) is 4.81. The lowest BCUT2D eigenvalue weighted by Crippen LogP contribution is -2.01. The van der Waals surface area contributed by atoms with Gasteiger partial charge in [-0.15, -0.1) is 0 Å². The summed E-state index contributed by atoms with van der Waals surface area (Å²) in [6, 6.07) is 1.15. The van der Waals surface area contributed by atoms with E-state index in [0.29, 0.717) is 10.7 Å². The molecule has 0 aliphatic rings. The zero-order valence-corrected chi connectivity index (χ0v) is 8.31.